The van der Waals surface area contributed by atoms with E-state index in [0.29, 0.717) is 12.0 Å². The quantitative estimate of drug-likeness (QED) is 0.755. The molecule has 2 N–H and O–H groups in total. The predicted molar refractivity (Wildman–Crippen MR) is 72.1 cm³/mol. The Morgan fingerprint density at radius 1 is 1.50 bits per heavy atom. The number of aliphatic hydroxyl groups excluding tert-OH is 1. The van der Waals surface area contributed by atoms with Gasteiger partial charge in [0.2, 0.25) is 0 Å². The Balaban J connectivity index is 3.13. The minimum atomic E-state index is -1.12. The molecule has 0 aliphatic heterocycles. The number of aliphatic hydroxyl groups is 2. The fourth-order valence-corrected chi connectivity index (χ4v) is 2.33. The van der Waals surface area contributed by atoms with Gasteiger partial charge in [0.25, 0.3) is 0 Å². The van der Waals surface area contributed by atoms with Gasteiger partial charge >= 0.3 is 0 Å². The molecule has 1 unspecified atom stereocenters. The lowest BCUT2D eigenvalue weighted by atomic mass is 9.64. The molecule has 0 aromatic heterocycles. The highest BCUT2D eigenvalue weighted by molar-refractivity contribution is 5.92. The Morgan fingerprint density at radius 2 is 2.11 bits per heavy atom. The molecule has 0 fully saturated rings. The lowest BCUT2D eigenvalue weighted by Gasteiger charge is -2.44. The predicted octanol–water partition coefficient (Wildman–Crippen LogP) is 2.16. The van der Waals surface area contributed by atoms with Crippen molar-refractivity contribution in [2.75, 3.05) is 6.61 Å². The third-order valence-corrected chi connectivity index (χ3v) is 3.63. The van der Waals surface area contributed by atoms with Gasteiger partial charge in [-0.1, -0.05) is 31.6 Å². The minimum Gasteiger partial charge on any atom is -0.392 e. The lowest BCUT2D eigenvalue weighted by Crippen LogP contribution is -2.48. The summed E-state index contributed by atoms with van der Waals surface area (Å²) in [5.74, 6) is 0.0539. The second-order valence-electron chi connectivity index (χ2n) is 5.58. The van der Waals surface area contributed by atoms with E-state index in [1.807, 2.05) is 20.8 Å². The first-order chi connectivity index (χ1) is 8.23. The van der Waals surface area contributed by atoms with E-state index in [9.17, 15) is 9.90 Å². The van der Waals surface area contributed by atoms with Crippen LogP contribution in [0.5, 0.6) is 0 Å². The molecule has 3 nitrogen and oxygen atoms in total. The van der Waals surface area contributed by atoms with Crippen LogP contribution in [-0.4, -0.2) is 28.2 Å². The van der Waals surface area contributed by atoms with Crippen molar-refractivity contribution in [3.8, 4) is 0 Å². The molecule has 1 aliphatic rings. The molecule has 0 aromatic rings. The van der Waals surface area contributed by atoms with Crippen LogP contribution in [0.3, 0.4) is 0 Å². The van der Waals surface area contributed by atoms with Crippen LogP contribution < -0.4 is 0 Å². The van der Waals surface area contributed by atoms with Gasteiger partial charge in [-0.05, 0) is 31.6 Å². The van der Waals surface area contributed by atoms with E-state index >= 15 is 0 Å². The molecule has 0 spiro atoms. The monoisotopic (exact) mass is 250 g/mol. The van der Waals surface area contributed by atoms with Crippen molar-refractivity contribution in [1.82, 2.24) is 0 Å². The van der Waals surface area contributed by atoms with Gasteiger partial charge in [-0.15, -0.1) is 0 Å². The first kappa shape index (κ1) is 14.9. The summed E-state index contributed by atoms with van der Waals surface area (Å²) in [4.78, 5) is 11.6. The maximum absolute atomic E-state index is 11.6. The SMILES string of the molecule is CC1=CC(=O)CC(C)(C)C1(O)/C=C/C(C)=C/CO. The van der Waals surface area contributed by atoms with Crippen molar-refractivity contribution >= 4 is 5.78 Å². The number of carbonyl (C=O) groups is 1. The van der Waals surface area contributed by atoms with Crippen LogP contribution in [0.25, 0.3) is 0 Å². The summed E-state index contributed by atoms with van der Waals surface area (Å²) in [5, 5.41) is 19.6. The largest absolute Gasteiger partial charge is 0.392 e. The number of allylic oxidation sites excluding steroid dienone is 3. The molecule has 1 atom stereocenters. The van der Waals surface area contributed by atoms with Gasteiger partial charge in [0.1, 0.15) is 5.60 Å². The van der Waals surface area contributed by atoms with E-state index in [1.54, 1.807) is 25.2 Å². The Hall–Kier alpha value is -1.19. The zero-order chi connectivity index (χ0) is 14.0. The molecule has 0 radical (unpaired) electrons. The number of hydrogen-bond donors (Lipinski definition) is 2. The van der Waals surface area contributed by atoms with Crippen molar-refractivity contribution in [2.45, 2.75) is 39.7 Å². The van der Waals surface area contributed by atoms with Crippen LogP contribution in [-0.2, 0) is 4.79 Å². The van der Waals surface area contributed by atoms with E-state index in [0.717, 1.165) is 5.57 Å². The van der Waals surface area contributed by atoms with Crippen LogP contribution in [0.15, 0.2) is 35.5 Å². The van der Waals surface area contributed by atoms with Crippen LogP contribution in [0.4, 0.5) is 0 Å². The second-order valence-corrected chi connectivity index (χ2v) is 5.58. The van der Waals surface area contributed by atoms with Gasteiger partial charge < -0.3 is 10.2 Å². The average molecular weight is 250 g/mol. The van der Waals surface area contributed by atoms with Gasteiger partial charge in [-0.2, -0.15) is 0 Å². The minimum absolute atomic E-state index is 0.0225. The standard InChI is InChI=1S/C15H22O3/c1-11(6-8-16)5-7-15(18)12(2)9-13(17)10-14(15,3)4/h5-7,9,16,18H,8,10H2,1-4H3/b7-5+,11-6+. The Morgan fingerprint density at radius 3 is 2.61 bits per heavy atom. The number of carbonyl (C=O) groups excluding carboxylic acids is 1. The summed E-state index contributed by atoms with van der Waals surface area (Å²) in [6, 6.07) is 0. The topological polar surface area (TPSA) is 57.5 Å². The first-order valence-electron chi connectivity index (χ1n) is 6.14. The third kappa shape index (κ3) is 2.79. The summed E-state index contributed by atoms with van der Waals surface area (Å²) in [6.45, 7) is 7.38. The van der Waals surface area contributed by atoms with Crippen LogP contribution in [0.1, 0.15) is 34.1 Å². The Bertz CT molecular complexity index is 427. The second kappa shape index (κ2) is 5.21. The zero-order valence-electron chi connectivity index (χ0n) is 11.5. The molecule has 0 bridgehead atoms. The summed E-state index contributed by atoms with van der Waals surface area (Å²) in [6.07, 6.45) is 7.01. The van der Waals surface area contributed by atoms with Gasteiger partial charge in [-0.3, -0.25) is 4.79 Å². The van der Waals surface area contributed by atoms with Crippen LogP contribution >= 0.6 is 0 Å². The van der Waals surface area contributed by atoms with Crippen molar-refractivity contribution in [3.05, 3.63) is 35.5 Å². The van der Waals surface area contributed by atoms with E-state index in [-0.39, 0.29) is 12.4 Å². The summed E-state index contributed by atoms with van der Waals surface area (Å²) in [5.41, 5.74) is -0.104. The van der Waals surface area contributed by atoms with Crippen molar-refractivity contribution < 1.29 is 15.0 Å². The third-order valence-electron chi connectivity index (χ3n) is 3.63. The molecule has 0 heterocycles. The zero-order valence-corrected chi connectivity index (χ0v) is 11.5. The van der Waals surface area contributed by atoms with Gasteiger partial charge in [0, 0.05) is 11.8 Å². The smallest absolute Gasteiger partial charge is 0.156 e. The molecule has 3 heteroatoms. The molecule has 100 valence electrons. The highest BCUT2D eigenvalue weighted by Crippen LogP contribution is 2.44. The van der Waals surface area contributed by atoms with Gasteiger partial charge in [-0.25, -0.2) is 0 Å². The molecule has 18 heavy (non-hydrogen) atoms. The molecule has 0 amide bonds. The van der Waals surface area contributed by atoms with Crippen LogP contribution in [0, 0.1) is 5.41 Å². The number of rotatable bonds is 3. The van der Waals surface area contributed by atoms with E-state index < -0.39 is 11.0 Å². The average Bonchev–Trinajstić information content (AvgIpc) is 2.23. The molecule has 0 aromatic carbocycles. The molecular formula is C15H22O3. The van der Waals surface area contributed by atoms with Crippen molar-refractivity contribution in [2.24, 2.45) is 5.41 Å². The Labute approximate surface area is 109 Å². The molecule has 1 aliphatic carbocycles. The van der Waals surface area contributed by atoms with Crippen molar-refractivity contribution in [1.29, 1.82) is 0 Å². The summed E-state index contributed by atoms with van der Waals surface area (Å²) >= 11 is 0. The summed E-state index contributed by atoms with van der Waals surface area (Å²) in [7, 11) is 0. The lowest BCUT2D eigenvalue weighted by molar-refractivity contribution is -0.121. The number of ketones is 1. The normalized spacial score (nSPS) is 28.7. The van der Waals surface area contributed by atoms with Gasteiger partial charge in [0.05, 0.1) is 6.61 Å². The van der Waals surface area contributed by atoms with E-state index in [2.05, 4.69) is 0 Å². The Kier molecular flexibility index (Phi) is 4.30. The van der Waals surface area contributed by atoms with Crippen LogP contribution in [0.2, 0.25) is 0 Å². The fourth-order valence-electron chi connectivity index (χ4n) is 2.33. The number of hydrogen-bond acceptors (Lipinski definition) is 3. The van der Waals surface area contributed by atoms with Gasteiger partial charge in [0.15, 0.2) is 5.78 Å². The molecular weight excluding hydrogens is 228 g/mol. The summed E-state index contributed by atoms with van der Waals surface area (Å²) < 4.78 is 0. The van der Waals surface area contributed by atoms with E-state index in [1.165, 1.54) is 6.08 Å². The molecule has 0 saturated carbocycles. The molecule has 1 rings (SSSR count). The van der Waals surface area contributed by atoms with E-state index in [4.69, 9.17) is 5.11 Å². The highest BCUT2D eigenvalue weighted by Gasteiger charge is 2.46. The van der Waals surface area contributed by atoms with Crippen molar-refractivity contribution in [3.63, 3.8) is 0 Å². The highest BCUT2D eigenvalue weighted by atomic mass is 16.3. The maximum Gasteiger partial charge on any atom is 0.156 e. The maximum atomic E-state index is 11.6. The molecule has 0 saturated heterocycles. The fraction of sp³-hybridized carbons (Fsp3) is 0.533. The first-order valence-corrected chi connectivity index (χ1v) is 6.14.